The van der Waals surface area contributed by atoms with Crippen molar-refractivity contribution < 1.29 is 14.3 Å². The van der Waals surface area contributed by atoms with Gasteiger partial charge in [-0.15, -0.1) is 0 Å². The van der Waals surface area contributed by atoms with Gasteiger partial charge < -0.3 is 10.1 Å². The Bertz CT molecular complexity index is 1360. The number of aryl methyl sites for hydroxylation is 2. The van der Waals surface area contributed by atoms with Crippen molar-refractivity contribution in [2.75, 3.05) is 5.32 Å². The SMILES string of the molecule is Cc1cccc(C(=O)Nc2cccc(C(=O)OCc3cc(=O)n4nc(C)sc4n3)c2)c1. The van der Waals surface area contributed by atoms with E-state index in [0.29, 0.717) is 26.9 Å². The van der Waals surface area contributed by atoms with Crippen LogP contribution in [-0.4, -0.2) is 26.5 Å². The van der Waals surface area contributed by atoms with E-state index in [9.17, 15) is 14.4 Å². The summed E-state index contributed by atoms with van der Waals surface area (Å²) in [6.45, 7) is 3.54. The molecule has 4 aromatic rings. The van der Waals surface area contributed by atoms with Crippen LogP contribution in [0.2, 0.25) is 0 Å². The molecule has 31 heavy (non-hydrogen) atoms. The van der Waals surface area contributed by atoms with Crippen molar-refractivity contribution in [3.63, 3.8) is 0 Å². The van der Waals surface area contributed by atoms with Crippen LogP contribution in [0.3, 0.4) is 0 Å². The van der Waals surface area contributed by atoms with Gasteiger partial charge in [0.15, 0.2) is 0 Å². The van der Waals surface area contributed by atoms with E-state index >= 15 is 0 Å². The Kier molecular flexibility index (Phi) is 5.59. The number of nitrogens with zero attached hydrogens (tertiary/aromatic N) is 3. The number of aromatic nitrogens is 3. The number of carbonyl (C=O) groups is 2. The van der Waals surface area contributed by atoms with Crippen LogP contribution in [0, 0.1) is 13.8 Å². The smallest absolute Gasteiger partial charge is 0.338 e. The minimum Gasteiger partial charge on any atom is -0.456 e. The highest BCUT2D eigenvalue weighted by atomic mass is 32.1. The van der Waals surface area contributed by atoms with E-state index in [1.165, 1.54) is 28.0 Å². The summed E-state index contributed by atoms with van der Waals surface area (Å²) in [4.78, 5) is 41.7. The van der Waals surface area contributed by atoms with E-state index < -0.39 is 5.97 Å². The zero-order valence-corrected chi connectivity index (χ0v) is 17.6. The Labute approximate surface area is 181 Å². The second kappa shape index (κ2) is 8.49. The van der Waals surface area contributed by atoms with Crippen LogP contribution in [0.4, 0.5) is 5.69 Å². The molecule has 9 heteroatoms. The molecule has 1 amide bonds. The number of amides is 1. The van der Waals surface area contributed by atoms with Crippen molar-refractivity contribution in [1.82, 2.24) is 14.6 Å². The first kappa shape index (κ1) is 20.4. The third-order valence-electron chi connectivity index (χ3n) is 4.39. The van der Waals surface area contributed by atoms with Crippen molar-refractivity contribution >= 4 is 33.9 Å². The van der Waals surface area contributed by atoms with Crippen LogP contribution < -0.4 is 10.9 Å². The first-order valence-electron chi connectivity index (χ1n) is 9.41. The average molecular weight is 434 g/mol. The summed E-state index contributed by atoms with van der Waals surface area (Å²) >= 11 is 1.28. The lowest BCUT2D eigenvalue weighted by Crippen LogP contribution is -2.16. The van der Waals surface area contributed by atoms with Gasteiger partial charge in [-0.3, -0.25) is 9.59 Å². The van der Waals surface area contributed by atoms with Gasteiger partial charge in [-0.05, 0) is 44.2 Å². The first-order chi connectivity index (χ1) is 14.9. The Hall–Kier alpha value is -3.85. The van der Waals surface area contributed by atoms with Crippen LogP contribution in [0.25, 0.3) is 4.96 Å². The van der Waals surface area contributed by atoms with Gasteiger partial charge in [-0.2, -0.15) is 9.61 Å². The number of hydrogen-bond donors (Lipinski definition) is 1. The summed E-state index contributed by atoms with van der Waals surface area (Å²) < 4.78 is 6.52. The van der Waals surface area contributed by atoms with E-state index in [1.54, 1.807) is 37.3 Å². The molecule has 0 atom stereocenters. The molecule has 0 aliphatic carbocycles. The fourth-order valence-electron chi connectivity index (χ4n) is 2.96. The van der Waals surface area contributed by atoms with Crippen molar-refractivity contribution in [2.45, 2.75) is 20.5 Å². The lowest BCUT2D eigenvalue weighted by Gasteiger charge is -2.08. The third-order valence-corrected chi connectivity index (χ3v) is 5.21. The molecule has 0 spiro atoms. The van der Waals surface area contributed by atoms with Crippen molar-refractivity contribution in [1.29, 1.82) is 0 Å². The average Bonchev–Trinajstić information content (AvgIpc) is 3.13. The van der Waals surface area contributed by atoms with Gasteiger partial charge in [0.05, 0.1) is 11.3 Å². The number of fused-ring (bicyclic) bond motifs is 1. The van der Waals surface area contributed by atoms with E-state index in [-0.39, 0.29) is 23.6 Å². The number of carbonyl (C=O) groups excluding carboxylic acids is 2. The molecule has 2 heterocycles. The molecular formula is C22H18N4O4S. The fourth-order valence-corrected chi connectivity index (χ4v) is 3.73. The molecule has 0 saturated heterocycles. The highest BCUT2D eigenvalue weighted by Crippen LogP contribution is 2.15. The zero-order valence-electron chi connectivity index (χ0n) is 16.8. The molecule has 0 saturated carbocycles. The van der Waals surface area contributed by atoms with Gasteiger partial charge in [0, 0.05) is 17.3 Å². The van der Waals surface area contributed by atoms with E-state index in [0.717, 1.165) is 5.56 Å². The van der Waals surface area contributed by atoms with Gasteiger partial charge >= 0.3 is 5.97 Å². The molecule has 4 rings (SSSR count). The maximum absolute atomic E-state index is 12.5. The predicted octanol–water partition coefficient (Wildman–Crippen LogP) is 3.38. The predicted molar refractivity (Wildman–Crippen MR) is 117 cm³/mol. The molecule has 0 radical (unpaired) electrons. The van der Waals surface area contributed by atoms with Crippen molar-refractivity contribution in [2.24, 2.45) is 0 Å². The maximum Gasteiger partial charge on any atom is 0.338 e. The number of rotatable bonds is 5. The molecule has 1 N–H and O–H groups in total. The lowest BCUT2D eigenvalue weighted by molar-refractivity contribution is 0.0467. The summed E-state index contributed by atoms with van der Waals surface area (Å²) in [6, 6.07) is 15.0. The zero-order chi connectivity index (χ0) is 22.0. The summed E-state index contributed by atoms with van der Waals surface area (Å²) in [5.41, 5.74) is 2.25. The Balaban J connectivity index is 1.44. The number of anilines is 1. The number of hydrogen-bond acceptors (Lipinski definition) is 7. The standard InChI is InChI=1S/C22H18N4O4S/c1-13-5-3-6-15(9-13)20(28)23-17-8-4-7-16(10-17)21(29)30-12-18-11-19(27)26-22(24-18)31-14(2)25-26/h3-11H,12H2,1-2H3,(H,23,28). The molecule has 0 aliphatic heterocycles. The fraction of sp³-hybridized carbons (Fsp3) is 0.136. The monoisotopic (exact) mass is 434 g/mol. The molecule has 8 nitrogen and oxygen atoms in total. The Morgan fingerprint density at radius 3 is 2.65 bits per heavy atom. The van der Waals surface area contributed by atoms with Gasteiger partial charge in [-0.1, -0.05) is 35.1 Å². The topological polar surface area (TPSA) is 103 Å². The van der Waals surface area contributed by atoms with Gasteiger partial charge in [0.1, 0.15) is 11.6 Å². The normalized spacial score (nSPS) is 10.8. The number of benzene rings is 2. The highest BCUT2D eigenvalue weighted by Gasteiger charge is 2.13. The number of ether oxygens (including phenoxy) is 1. The van der Waals surface area contributed by atoms with E-state index in [2.05, 4.69) is 15.4 Å². The Morgan fingerprint density at radius 1 is 1.06 bits per heavy atom. The largest absolute Gasteiger partial charge is 0.456 e. The Morgan fingerprint density at radius 2 is 1.84 bits per heavy atom. The second-order valence-corrected chi connectivity index (χ2v) is 8.04. The van der Waals surface area contributed by atoms with E-state index in [4.69, 9.17) is 4.74 Å². The number of esters is 1. The third kappa shape index (κ3) is 4.67. The maximum atomic E-state index is 12.5. The van der Waals surface area contributed by atoms with Gasteiger partial charge in [-0.25, -0.2) is 9.78 Å². The van der Waals surface area contributed by atoms with Crippen LogP contribution in [0.5, 0.6) is 0 Å². The molecule has 0 fully saturated rings. The minimum atomic E-state index is -0.589. The highest BCUT2D eigenvalue weighted by molar-refractivity contribution is 7.16. The second-order valence-electron chi connectivity index (χ2n) is 6.88. The molecule has 2 aromatic carbocycles. The minimum absolute atomic E-state index is 0.151. The molecule has 0 aliphatic rings. The summed E-state index contributed by atoms with van der Waals surface area (Å²) in [5, 5.41) is 7.56. The molecule has 0 unspecified atom stereocenters. The molecule has 0 bridgehead atoms. The molecule has 2 aromatic heterocycles. The quantitative estimate of drug-likeness (QED) is 0.483. The number of nitrogens with one attached hydrogen (secondary N) is 1. The van der Waals surface area contributed by atoms with Gasteiger partial charge in [0.25, 0.3) is 11.5 Å². The van der Waals surface area contributed by atoms with Gasteiger partial charge in [0.2, 0.25) is 4.96 Å². The van der Waals surface area contributed by atoms with Crippen LogP contribution in [-0.2, 0) is 11.3 Å². The van der Waals surface area contributed by atoms with Crippen molar-refractivity contribution in [3.8, 4) is 0 Å². The molecular weight excluding hydrogens is 416 g/mol. The van der Waals surface area contributed by atoms with Crippen LogP contribution in [0.1, 0.15) is 37.0 Å². The molecule has 156 valence electrons. The summed E-state index contributed by atoms with van der Waals surface area (Å²) in [5.74, 6) is -0.860. The van der Waals surface area contributed by atoms with E-state index in [1.807, 2.05) is 19.1 Å². The summed E-state index contributed by atoms with van der Waals surface area (Å²) in [7, 11) is 0. The lowest BCUT2D eigenvalue weighted by atomic mass is 10.1. The summed E-state index contributed by atoms with van der Waals surface area (Å²) in [6.07, 6.45) is 0. The van der Waals surface area contributed by atoms with Crippen LogP contribution in [0.15, 0.2) is 59.4 Å². The van der Waals surface area contributed by atoms with Crippen LogP contribution >= 0.6 is 11.3 Å². The van der Waals surface area contributed by atoms with Crippen molar-refractivity contribution in [3.05, 3.63) is 92.3 Å². The first-order valence-corrected chi connectivity index (χ1v) is 10.2.